The van der Waals surface area contributed by atoms with Crippen LogP contribution in [-0.2, 0) is 9.47 Å². The van der Waals surface area contributed by atoms with Gasteiger partial charge < -0.3 is 19.3 Å². The maximum Gasteiger partial charge on any atom is 0.411 e. The summed E-state index contributed by atoms with van der Waals surface area (Å²) in [7, 11) is 4.33. The van der Waals surface area contributed by atoms with Gasteiger partial charge in [0, 0.05) is 11.4 Å². The zero-order chi connectivity index (χ0) is 30.7. The molecule has 242 valence electrons. The third kappa shape index (κ3) is 22.3. The summed E-state index contributed by atoms with van der Waals surface area (Å²) in [6.07, 6.45) is 18.6. The number of hydrogen-bond donors (Lipinski definition) is 2. The molecule has 0 unspecified atom stereocenters. The van der Waals surface area contributed by atoms with E-state index in [9.17, 15) is 9.59 Å². The fourth-order valence-corrected chi connectivity index (χ4v) is 4.79. The van der Waals surface area contributed by atoms with Gasteiger partial charge in [-0.2, -0.15) is 0 Å². The first-order valence-corrected chi connectivity index (χ1v) is 16.8. The predicted molar refractivity (Wildman–Crippen MR) is 177 cm³/mol. The van der Waals surface area contributed by atoms with Crippen LogP contribution in [0, 0.1) is 0 Å². The van der Waals surface area contributed by atoms with Gasteiger partial charge in [-0.25, -0.2) is 9.59 Å². The van der Waals surface area contributed by atoms with E-state index in [1.807, 2.05) is 0 Å². The van der Waals surface area contributed by atoms with Crippen LogP contribution in [-0.4, -0.2) is 75.5 Å². The maximum atomic E-state index is 12.1. The number of unbranched alkanes of at least 4 members (excludes halogenated alkanes) is 12. The first kappa shape index (κ1) is 37.7. The largest absolute Gasteiger partial charge is 0.449 e. The average molecular weight is 591 g/mol. The molecule has 2 N–H and O–H groups in total. The minimum absolute atomic E-state index is 0.400. The van der Waals surface area contributed by atoms with Crippen molar-refractivity contribution in [2.24, 2.45) is 0 Å². The van der Waals surface area contributed by atoms with E-state index in [-0.39, 0.29) is 0 Å². The Hall–Kier alpha value is -2.32. The molecule has 2 amide bonds. The molecule has 1 rings (SSSR count). The normalized spacial score (nSPS) is 11.2. The molecule has 0 aliphatic carbocycles. The maximum absolute atomic E-state index is 12.1. The first-order valence-electron chi connectivity index (χ1n) is 16.8. The topological polar surface area (TPSA) is 83.1 Å². The molecule has 0 saturated carbocycles. The van der Waals surface area contributed by atoms with Gasteiger partial charge in [-0.3, -0.25) is 10.6 Å². The molecule has 0 aromatic heterocycles. The Bertz CT molecular complexity index is 725. The van der Waals surface area contributed by atoms with E-state index in [1.54, 1.807) is 24.3 Å². The lowest BCUT2D eigenvalue weighted by molar-refractivity contribution is 0.156. The molecular formula is C34H62N4O4. The van der Waals surface area contributed by atoms with Gasteiger partial charge in [-0.05, 0) is 103 Å². The Morgan fingerprint density at radius 2 is 0.833 bits per heavy atom. The second kappa shape index (κ2) is 26.3. The van der Waals surface area contributed by atoms with Crippen molar-refractivity contribution >= 4 is 23.6 Å². The summed E-state index contributed by atoms with van der Waals surface area (Å²) in [4.78, 5) is 28.9. The molecule has 8 nitrogen and oxygen atoms in total. The molecule has 1 aromatic carbocycles. The van der Waals surface area contributed by atoms with E-state index in [2.05, 4.69) is 48.4 Å². The van der Waals surface area contributed by atoms with Gasteiger partial charge in [0.1, 0.15) is 0 Å². The van der Waals surface area contributed by atoms with Crippen LogP contribution in [0.4, 0.5) is 21.0 Å². The van der Waals surface area contributed by atoms with Crippen molar-refractivity contribution in [1.82, 2.24) is 9.80 Å². The highest BCUT2D eigenvalue weighted by molar-refractivity contribution is 5.87. The summed E-state index contributed by atoms with van der Waals surface area (Å²) in [5, 5.41) is 5.47. The molecule has 0 spiro atoms. The SMILES string of the molecule is CCCCCCCCN(C)CCCCOC(=O)Nc1ccc(NC(=O)OCCCCN(C)CCCCCCCC)cc1. The lowest BCUT2D eigenvalue weighted by Gasteiger charge is -2.16. The number of nitrogens with zero attached hydrogens (tertiary/aromatic N) is 2. The molecule has 0 aliphatic rings. The number of hydrogen-bond acceptors (Lipinski definition) is 6. The molecule has 0 radical (unpaired) electrons. The van der Waals surface area contributed by atoms with Gasteiger partial charge in [-0.15, -0.1) is 0 Å². The molecule has 0 heterocycles. The Labute approximate surface area is 257 Å². The second-order valence-corrected chi connectivity index (χ2v) is 11.7. The van der Waals surface area contributed by atoms with E-state index in [4.69, 9.17) is 9.47 Å². The van der Waals surface area contributed by atoms with E-state index in [1.165, 1.54) is 77.0 Å². The van der Waals surface area contributed by atoms with Crippen LogP contribution >= 0.6 is 0 Å². The number of carbonyl (C=O) groups excluding carboxylic acids is 2. The molecule has 1 aromatic rings. The molecular weight excluding hydrogens is 528 g/mol. The number of ether oxygens (including phenoxy) is 2. The Balaban J connectivity index is 2.06. The summed E-state index contributed by atoms with van der Waals surface area (Å²) in [5.41, 5.74) is 1.23. The number of benzene rings is 1. The van der Waals surface area contributed by atoms with Crippen LogP contribution in [0.1, 0.15) is 117 Å². The summed E-state index contributed by atoms with van der Waals surface area (Å²) < 4.78 is 10.6. The highest BCUT2D eigenvalue weighted by Crippen LogP contribution is 2.14. The second-order valence-electron chi connectivity index (χ2n) is 11.7. The van der Waals surface area contributed by atoms with Gasteiger partial charge in [0.05, 0.1) is 13.2 Å². The van der Waals surface area contributed by atoms with Crippen LogP contribution < -0.4 is 10.6 Å². The Kier molecular flexibility index (Phi) is 23.6. The van der Waals surface area contributed by atoms with Crippen molar-refractivity contribution in [3.05, 3.63) is 24.3 Å². The quantitative estimate of drug-likeness (QED) is 0.105. The third-order valence-corrected chi connectivity index (χ3v) is 7.50. The Morgan fingerprint density at radius 1 is 0.524 bits per heavy atom. The number of carbonyl (C=O) groups is 2. The highest BCUT2D eigenvalue weighted by Gasteiger charge is 2.07. The van der Waals surface area contributed by atoms with Crippen molar-refractivity contribution in [3.63, 3.8) is 0 Å². The van der Waals surface area contributed by atoms with Crippen LogP contribution in [0.5, 0.6) is 0 Å². The minimum Gasteiger partial charge on any atom is -0.449 e. The fraction of sp³-hybridized carbons (Fsp3) is 0.765. The van der Waals surface area contributed by atoms with Gasteiger partial charge in [0.15, 0.2) is 0 Å². The van der Waals surface area contributed by atoms with Crippen LogP contribution in [0.25, 0.3) is 0 Å². The summed E-state index contributed by atoms with van der Waals surface area (Å²) in [6, 6.07) is 6.92. The van der Waals surface area contributed by atoms with E-state index in [0.717, 1.165) is 51.9 Å². The van der Waals surface area contributed by atoms with Crippen LogP contribution in [0.3, 0.4) is 0 Å². The number of nitrogens with one attached hydrogen (secondary N) is 2. The summed E-state index contributed by atoms with van der Waals surface area (Å²) >= 11 is 0. The molecule has 0 fully saturated rings. The van der Waals surface area contributed by atoms with Crippen molar-refractivity contribution < 1.29 is 19.1 Å². The van der Waals surface area contributed by atoms with E-state index < -0.39 is 12.2 Å². The predicted octanol–water partition coefficient (Wildman–Crippen LogP) is 8.93. The van der Waals surface area contributed by atoms with Gasteiger partial charge in [0.2, 0.25) is 0 Å². The van der Waals surface area contributed by atoms with Gasteiger partial charge in [0.25, 0.3) is 0 Å². The lowest BCUT2D eigenvalue weighted by Crippen LogP contribution is -2.21. The smallest absolute Gasteiger partial charge is 0.411 e. The van der Waals surface area contributed by atoms with Crippen molar-refractivity contribution in [1.29, 1.82) is 0 Å². The van der Waals surface area contributed by atoms with Crippen molar-refractivity contribution in [2.45, 2.75) is 117 Å². The van der Waals surface area contributed by atoms with Crippen LogP contribution in [0.2, 0.25) is 0 Å². The zero-order valence-electron chi connectivity index (χ0n) is 27.4. The molecule has 0 saturated heterocycles. The van der Waals surface area contributed by atoms with Gasteiger partial charge >= 0.3 is 12.2 Å². The van der Waals surface area contributed by atoms with Gasteiger partial charge in [-0.1, -0.05) is 78.1 Å². The van der Waals surface area contributed by atoms with E-state index >= 15 is 0 Å². The fourth-order valence-electron chi connectivity index (χ4n) is 4.79. The summed E-state index contributed by atoms with van der Waals surface area (Å²) in [5.74, 6) is 0. The molecule has 0 aliphatic heterocycles. The zero-order valence-corrected chi connectivity index (χ0v) is 27.4. The van der Waals surface area contributed by atoms with Crippen LogP contribution in [0.15, 0.2) is 24.3 Å². The first-order chi connectivity index (χ1) is 20.4. The third-order valence-electron chi connectivity index (χ3n) is 7.50. The number of rotatable bonds is 26. The standard InChI is InChI=1S/C34H62N4O4/c1-5-7-9-11-13-15-25-37(3)27-17-19-29-41-33(39)35-31-21-23-32(24-22-31)36-34(40)42-30-20-18-28-38(4)26-16-14-12-10-8-6-2/h21-24H,5-20,25-30H2,1-4H3,(H,35,39)(H,36,40). The monoisotopic (exact) mass is 590 g/mol. The van der Waals surface area contributed by atoms with Crippen molar-refractivity contribution in [2.75, 3.05) is 64.1 Å². The molecule has 0 atom stereocenters. The minimum atomic E-state index is -0.465. The molecule has 8 heteroatoms. The molecule has 0 bridgehead atoms. The number of anilines is 2. The number of amides is 2. The van der Waals surface area contributed by atoms with E-state index in [0.29, 0.717) is 24.6 Å². The Morgan fingerprint density at radius 3 is 1.19 bits per heavy atom. The highest BCUT2D eigenvalue weighted by atomic mass is 16.6. The lowest BCUT2D eigenvalue weighted by atomic mass is 10.1. The molecule has 42 heavy (non-hydrogen) atoms. The average Bonchev–Trinajstić information content (AvgIpc) is 2.97. The van der Waals surface area contributed by atoms with Crippen molar-refractivity contribution in [3.8, 4) is 0 Å². The summed E-state index contributed by atoms with van der Waals surface area (Å²) in [6.45, 7) is 9.60.